The number of rotatable bonds is 5. The van der Waals surface area contributed by atoms with Crippen LogP contribution in [0, 0.1) is 0 Å². The monoisotopic (exact) mass is 259 g/mol. The van der Waals surface area contributed by atoms with Gasteiger partial charge < -0.3 is 15.5 Å². The zero-order valence-corrected chi connectivity index (χ0v) is 10.8. The van der Waals surface area contributed by atoms with Gasteiger partial charge in [-0.1, -0.05) is 18.2 Å². The Kier molecular flexibility index (Phi) is 4.30. The van der Waals surface area contributed by atoms with Crippen LogP contribution in [-0.2, 0) is 6.42 Å². The normalized spacial score (nSPS) is 12.1. The second-order valence-electron chi connectivity index (χ2n) is 4.32. The summed E-state index contributed by atoms with van der Waals surface area (Å²) >= 11 is 0. The lowest BCUT2D eigenvalue weighted by Gasteiger charge is -2.08. The summed E-state index contributed by atoms with van der Waals surface area (Å²) in [6.07, 6.45) is 0.532. The highest BCUT2D eigenvalue weighted by molar-refractivity contribution is 5.20. The highest BCUT2D eigenvalue weighted by Crippen LogP contribution is 2.09. The first kappa shape index (κ1) is 13.3. The van der Waals surface area contributed by atoms with Gasteiger partial charge in [0.25, 0.3) is 5.56 Å². The molecule has 2 aromatic rings. The maximum atomic E-state index is 11.5. The van der Waals surface area contributed by atoms with Crippen molar-refractivity contribution >= 4 is 0 Å². The molecule has 0 saturated heterocycles. The predicted molar refractivity (Wildman–Crippen MR) is 73.1 cm³/mol. The largest absolute Gasteiger partial charge is 0.493 e. The first-order valence-corrected chi connectivity index (χ1v) is 6.19. The molecule has 1 heterocycles. The van der Waals surface area contributed by atoms with E-state index in [1.807, 2.05) is 30.3 Å². The van der Waals surface area contributed by atoms with Crippen LogP contribution in [0.2, 0.25) is 0 Å². The Hall–Kier alpha value is -2.14. The molecule has 3 N–H and O–H groups in total. The Bertz CT molecular complexity index is 579. The number of ether oxygens (including phenoxy) is 1. The van der Waals surface area contributed by atoms with E-state index in [1.165, 1.54) is 6.07 Å². The molecule has 5 heteroatoms. The molecule has 0 aliphatic rings. The van der Waals surface area contributed by atoms with Crippen LogP contribution in [0.1, 0.15) is 24.5 Å². The van der Waals surface area contributed by atoms with Crippen molar-refractivity contribution in [2.75, 3.05) is 6.61 Å². The van der Waals surface area contributed by atoms with Gasteiger partial charge in [0.1, 0.15) is 11.6 Å². The van der Waals surface area contributed by atoms with Gasteiger partial charge in [-0.05, 0) is 19.1 Å². The minimum Gasteiger partial charge on any atom is -0.493 e. The third kappa shape index (κ3) is 3.93. The molecule has 0 bridgehead atoms. The lowest BCUT2D eigenvalue weighted by molar-refractivity contribution is 0.318. The molecule has 0 aliphatic heterocycles. The summed E-state index contributed by atoms with van der Waals surface area (Å²) in [6, 6.07) is 10.7. The van der Waals surface area contributed by atoms with E-state index in [1.54, 1.807) is 6.92 Å². The summed E-state index contributed by atoms with van der Waals surface area (Å²) < 4.78 is 5.56. The molecule has 1 aromatic heterocycles. The second kappa shape index (κ2) is 6.15. The molecule has 2 rings (SSSR count). The fourth-order valence-electron chi connectivity index (χ4n) is 1.66. The summed E-state index contributed by atoms with van der Waals surface area (Å²) in [5.74, 6) is 1.39. The molecule has 100 valence electrons. The number of para-hydroxylation sites is 1. The van der Waals surface area contributed by atoms with Gasteiger partial charge >= 0.3 is 0 Å². The van der Waals surface area contributed by atoms with Gasteiger partial charge in [-0.2, -0.15) is 0 Å². The molecule has 0 radical (unpaired) electrons. The molecule has 1 unspecified atom stereocenters. The summed E-state index contributed by atoms with van der Waals surface area (Å²) in [4.78, 5) is 18.4. The molecule has 0 fully saturated rings. The number of H-pyrrole nitrogens is 1. The maximum Gasteiger partial charge on any atom is 0.251 e. The van der Waals surface area contributed by atoms with Crippen molar-refractivity contribution in [1.82, 2.24) is 9.97 Å². The van der Waals surface area contributed by atoms with E-state index in [0.717, 1.165) is 5.75 Å². The van der Waals surface area contributed by atoms with Gasteiger partial charge in [0.2, 0.25) is 0 Å². The van der Waals surface area contributed by atoms with E-state index in [-0.39, 0.29) is 11.6 Å². The number of nitrogens with zero attached hydrogens (tertiary/aromatic N) is 1. The highest BCUT2D eigenvalue weighted by Gasteiger charge is 2.05. The number of hydrogen-bond acceptors (Lipinski definition) is 4. The van der Waals surface area contributed by atoms with Crippen molar-refractivity contribution in [2.45, 2.75) is 19.4 Å². The predicted octanol–water partition coefficient (Wildman–Crippen LogP) is 1.41. The molecule has 5 nitrogen and oxygen atoms in total. The Morgan fingerprint density at radius 1 is 1.37 bits per heavy atom. The number of benzene rings is 1. The third-order valence-corrected chi connectivity index (χ3v) is 2.63. The Labute approximate surface area is 111 Å². The molecule has 0 aliphatic carbocycles. The van der Waals surface area contributed by atoms with Crippen LogP contribution >= 0.6 is 0 Å². The summed E-state index contributed by atoms with van der Waals surface area (Å²) in [7, 11) is 0. The maximum absolute atomic E-state index is 11.5. The zero-order valence-electron chi connectivity index (χ0n) is 10.8. The van der Waals surface area contributed by atoms with Crippen LogP contribution in [0.25, 0.3) is 0 Å². The average Bonchev–Trinajstić information content (AvgIpc) is 2.39. The van der Waals surface area contributed by atoms with Gasteiger partial charge in [-0.25, -0.2) is 4.98 Å². The number of nitrogens with two attached hydrogens (primary N) is 1. The van der Waals surface area contributed by atoms with Crippen LogP contribution in [-0.4, -0.2) is 16.6 Å². The molecule has 0 amide bonds. The molecule has 0 spiro atoms. The van der Waals surface area contributed by atoms with E-state index < -0.39 is 0 Å². The van der Waals surface area contributed by atoms with Crippen molar-refractivity contribution in [3.63, 3.8) is 0 Å². The molecular formula is C14H17N3O2. The minimum absolute atomic E-state index is 0.183. The summed E-state index contributed by atoms with van der Waals surface area (Å²) in [5, 5.41) is 0. The van der Waals surface area contributed by atoms with Gasteiger partial charge in [0.15, 0.2) is 0 Å². The lowest BCUT2D eigenvalue weighted by atomic mass is 10.2. The molecule has 1 aromatic carbocycles. The van der Waals surface area contributed by atoms with Crippen LogP contribution in [0.4, 0.5) is 0 Å². The van der Waals surface area contributed by atoms with Crippen molar-refractivity contribution in [3.8, 4) is 5.75 Å². The number of aromatic nitrogens is 2. The third-order valence-electron chi connectivity index (χ3n) is 2.63. The first-order valence-electron chi connectivity index (χ1n) is 6.19. The number of aromatic amines is 1. The summed E-state index contributed by atoms with van der Waals surface area (Å²) in [5.41, 5.74) is 6.14. The van der Waals surface area contributed by atoms with Gasteiger partial charge in [0, 0.05) is 18.5 Å². The van der Waals surface area contributed by atoms with E-state index in [0.29, 0.717) is 24.5 Å². The summed E-state index contributed by atoms with van der Waals surface area (Å²) in [6.45, 7) is 2.25. The minimum atomic E-state index is -0.254. The van der Waals surface area contributed by atoms with E-state index in [4.69, 9.17) is 10.5 Å². The molecule has 19 heavy (non-hydrogen) atoms. The fraction of sp³-hybridized carbons (Fsp3) is 0.286. The molecule has 0 saturated carbocycles. The van der Waals surface area contributed by atoms with Gasteiger partial charge in [-0.15, -0.1) is 0 Å². The number of nitrogens with one attached hydrogen (secondary N) is 1. The van der Waals surface area contributed by atoms with Gasteiger partial charge in [0.05, 0.1) is 12.3 Å². The zero-order chi connectivity index (χ0) is 13.7. The van der Waals surface area contributed by atoms with Crippen molar-refractivity contribution < 1.29 is 4.74 Å². The van der Waals surface area contributed by atoms with Crippen molar-refractivity contribution in [1.29, 1.82) is 0 Å². The van der Waals surface area contributed by atoms with Gasteiger partial charge in [-0.3, -0.25) is 4.79 Å². The van der Waals surface area contributed by atoms with Crippen LogP contribution < -0.4 is 16.0 Å². The SMILES string of the molecule is CC(N)c1cc(=O)[nH]c(CCOc2ccccc2)n1. The molecule has 1 atom stereocenters. The van der Waals surface area contributed by atoms with E-state index >= 15 is 0 Å². The van der Waals surface area contributed by atoms with Crippen LogP contribution in [0.15, 0.2) is 41.2 Å². The Balaban J connectivity index is 1.98. The first-order chi connectivity index (χ1) is 9.15. The average molecular weight is 259 g/mol. The molecular weight excluding hydrogens is 242 g/mol. The van der Waals surface area contributed by atoms with E-state index in [9.17, 15) is 4.79 Å². The van der Waals surface area contributed by atoms with Crippen molar-refractivity contribution in [2.24, 2.45) is 5.73 Å². The van der Waals surface area contributed by atoms with E-state index in [2.05, 4.69) is 9.97 Å². The second-order valence-corrected chi connectivity index (χ2v) is 4.32. The topological polar surface area (TPSA) is 81.0 Å². The van der Waals surface area contributed by atoms with Crippen LogP contribution in [0.5, 0.6) is 5.75 Å². The standard InChI is InChI=1S/C14H17N3O2/c1-10(15)12-9-14(18)17-13(16-12)7-8-19-11-5-3-2-4-6-11/h2-6,9-10H,7-8,15H2,1H3,(H,16,17,18). The van der Waals surface area contributed by atoms with Crippen LogP contribution in [0.3, 0.4) is 0 Å². The Morgan fingerprint density at radius 3 is 2.79 bits per heavy atom. The lowest BCUT2D eigenvalue weighted by Crippen LogP contribution is -2.18. The highest BCUT2D eigenvalue weighted by atomic mass is 16.5. The quantitative estimate of drug-likeness (QED) is 0.850. The smallest absolute Gasteiger partial charge is 0.251 e. The fourth-order valence-corrected chi connectivity index (χ4v) is 1.66. The number of hydrogen-bond donors (Lipinski definition) is 2. The van der Waals surface area contributed by atoms with Crippen molar-refractivity contribution in [3.05, 3.63) is 58.3 Å². The Morgan fingerprint density at radius 2 is 2.11 bits per heavy atom.